The number of nitrogens with zero attached hydrogens (tertiary/aromatic N) is 4. The number of amides is 2. The summed E-state index contributed by atoms with van der Waals surface area (Å²) >= 11 is 0. The van der Waals surface area contributed by atoms with Crippen molar-refractivity contribution in [2.75, 3.05) is 51.2 Å². The van der Waals surface area contributed by atoms with Crippen LogP contribution < -0.4 is 10.6 Å². The molecule has 0 unspecified atom stereocenters. The molecule has 1 aromatic heterocycles. The zero-order valence-electron chi connectivity index (χ0n) is 18.4. The number of likely N-dealkylation sites (tertiary alicyclic amines) is 1. The zero-order chi connectivity index (χ0) is 22.7. The third kappa shape index (κ3) is 4.80. The fourth-order valence-electron chi connectivity index (χ4n) is 4.31. The van der Waals surface area contributed by atoms with Gasteiger partial charge >= 0.3 is 0 Å². The van der Waals surface area contributed by atoms with Crippen molar-refractivity contribution in [3.05, 3.63) is 59.4 Å². The van der Waals surface area contributed by atoms with Gasteiger partial charge in [0, 0.05) is 62.6 Å². The smallest absolute Gasteiger partial charge is 0.272 e. The zero-order valence-corrected chi connectivity index (χ0v) is 18.4. The van der Waals surface area contributed by atoms with E-state index in [0.29, 0.717) is 25.9 Å². The first-order valence-corrected chi connectivity index (χ1v) is 11.1. The number of piperazine rings is 1. The Bertz CT molecular complexity index is 974. The second-order valence-corrected chi connectivity index (χ2v) is 8.56. The summed E-state index contributed by atoms with van der Waals surface area (Å²) < 4.78 is 0. The van der Waals surface area contributed by atoms with Crippen molar-refractivity contribution in [2.24, 2.45) is 11.7 Å². The third-order valence-electron chi connectivity index (χ3n) is 6.44. The number of carbonyl (C=O) groups excluding carboxylic acids is 3. The van der Waals surface area contributed by atoms with Crippen molar-refractivity contribution >= 4 is 23.3 Å². The van der Waals surface area contributed by atoms with E-state index >= 15 is 0 Å². The van der Waals surface area contributed by atoms with E-state index in [1.165, 1.54) is 18.3 Å². The number of aromatic nitrogens is 1. The van der Waals surface area contributed by atoms with E-state index < -0.39 is 5.91 Å². The van der Waals surface area contributed by atoms with Gasteiger partial charge in [0.15, 0.2) is 5.78 Å². The van der Waals surface area contributed by atoms with E-state index in [1.54, 1.807) is 4.90 Å². The minimum Gasteiger partial charge on any atom is -0.369 e. The van der Waals surface area contributed by atoms with Gasteiger partial charge in [-0.1, -0.05) is 0 Å². The van der Waals surface area contributed by atoms with E-state index in [0.717, 1.165) is 37.4 Å². The van der Waals surface area contributed by atoms with Crippen LogP contribution >= 0.6 is 0 Å². The number of pyridine rings is 1. The first-order valence-electron chi connectivity index (χ1n) is 11.1. The van der Waals surface area contributed by atoms with Crippen molar-refractivity contribution in [2.45, 2.75) is 12.8 Å². The number of likely N-dealkylation sites (N-methyl/N-ethyl adjacent to an activating group) is 1. The van der Waals surface area contributed by atoms with Gasteiger partial charge in [0.2, 0.25) is 5.91 Å². The van der Waals surface area contributed by atoms with Crippen LogP contribution in [0.2, 0.25) is 0 Å². The molecule has 0 saturated carbocycles. The number of hydrogen-bond acceptors (Lipinski definition) is 6. The quantitative estimate of drug-likeness (QED) is 0.717. The van der Waals surface area contributed by atoms with E-state index in [-0.39, 0.29) is 28.9 Å². The SMILES string of the molecule is CN1CCN(c2ccc(C(=O)C3CCN(C(=O)c4ccc(C(N)=O)cn4)CC3)cc2)CC1. The van der Waals surface area contributed by atoms with E-state index in [4.69, 9.17) is 5.73 Å². The number of nitrogens with two attached hydrogens (primary N) is 1. The molecule has 168 valence electrons. The van der Waals surface area contributed by atoms with Crippen LogP contribution in [-0.4, -0.2) is 78.7 Å². The van der Waals surface area contributed by atoms with Crippen LogP contribution in [0.4, 0.5) is 5.69 Å². The van der Waals surface area contributed by atoms with Gasteiger partial charge < -0.3 is 20.4 Å². The molecule has 4 rings (SSSR count). The van der Waals surface area contributed by atoms with Gasteiger partial charge in [-0.15, -0.1) is 0 Å². The standard InChI is InChI=1S/C24H29N5O3/c1-27-12-14-28(15-13-27)20-5-2-17(3-6-20)22(30)18-8-10-29(11-9-18)24(32)21-7-4-19(16-26-21)23(25)31/h2-7,16,18H,8-15H2,1H3,(H2,25,31). The van der Waals surface area contributed by atoms with Crippen molar-refractivity contribution in [3.63, 3.8) is 0 Å². The second-order valence-electron chi connectivity index (χ2n) is 8.56. The van der Waals surface area contributed by atoms with Crippen molar-refractivity contribution < 1.29 is 14.4 Å². The Morgan fingerprint density at radius 1 is 0.875 bits per heavy atom. The van der Waals surface area contributed by atoms with Crippen molar-refractivity contribution in [1.29, 1.82) is 0 Å². The molecule has 0 bridgehead atoms. The summed E-state index contributed by atoms with van der Waals surface area (Å²) in [6.07, 6.45) is 2.58. The average molecular weight is 436 g/mol. The summed E-state index contributed by atoms with van der Waals surface area (Å²) in [5.74, 6) is -0.708. The molecular formula is C24H29N5O3. The number of Topliss-reactive ketones (excluding diaryl/α,β-unsaturated/α-hetero) is 1. The van der Waals surface area contributed by atoms with Gasteiger partial charge in [0.1, 0.15) is 5.69 Å². The second kappa shape index (κ2) is 9.48. The van der Waals surface area contributed by atoms with E-state index in [1.807, 2.05) is 24.3 Å². The Morgan fingerprint density at radius 2 is 1.50 bits per heavy atom. The lowest BCUT2D eigenvalue weighted by atomic mass is 9.88. The predicted molar refractivity (Wildman–Crippen MR) is 122 cm³/mol. The van der Waals surface area contributed by atoms with Gasteiger partial charge in [-0.05, 0) is 56.3 Å². The summed E-state index contributed by atoms with van der Waals surface area (Å²) in [6.45, 7) is 5.10. The first-order chi connectivity index (χ1) is 15.4. The monoisotopic (exact) mass is 435 g/mol. The summed E-state index contributed by atoms with van der Waals surface area (Å²) in [5, 5.41) is 0. The Kier molecular flexibility index (Phi) is 6.50. The van der Waals surface area contributed by atoms with Gasteiger partial charge in [0.05, 0.1) is 5.56 Å². The molecule has 2 saturated heterocycles. The number of ketones is 1. The van der Waals surface area contributed by atoms with Gasteiger partial charge in [-0.25, -0.2) is 0 Å². The van der Waals surface area contributed by atoms with E-state index in [9.17, 15) is 14.4 Å². The van der Waals surface area contributed by atoms with Crippen LogP contribution in [-0.2, 0) is 0 Å². The summed E-state index contributed by atoms with van der Waals surface area (Å²) in [5.41, 5.74) is 7.65. The minimum atomic E-state index is -0.576. The Balaban J connectivity index is 1.32. The maximum absolute atomic E-state index is 13.0. The van der Waals surface area contributed by atoms with Crippen molar-refractivity contribution in [3.8, 4) is 0 Å². The summed E-state index contributed by atoms with van der Waals surface area (Å²) in [7, 11) is 2.13. The molecule has 2 N–H and O–H groups in total. The molecule has 2 amide bonds. The van der Waals surface area contributed by atoms with Gasteiger partial charge in [0.25, 0.3) is 5.91 Å². The third-order valence-corrected chi connectivity index (χ3v) is 6.44. The molecule has 0 spiro atoms. The number of carbonyl (C=O) groups is 3. The van der Waals surface area contributed by atoms with Crippen LogP contribution in [0.3, 0.4) is 0 Å². The van der Waals surface area contributed by atoms with E-state index in [2.05, 4.69) is 21.8 Å². The molecule has 2 aliphatic rings. The number of piperidine rings is 1. The lowest BCUT2D eigenvalue weighted by Crippen LogP contribution is -2.44. The Labute approximate surface area is 188 Å². The number of benzene rings is 1. The highest BCUT2D eigenvalue weighted by atomic mass is 16.2. The first kappa shape index (κ1) is 22.0. The molecule has 0 atom stereocenters. The maximum Gasteiger partial charge on any atom is 0.272 e. The van der Waals surface area contributed by atoms with Crippen LogP contribution in [0.5, 0.6) is 0 Å². The van der Waals surface area contributed by atoms with Crippen LogP contribution in [0.15, 0.2) is 42.6 Å². The molecule has 0 aliphatic carbocycles. The molecule has 0 radical (unpaired) electrons. The Hall–Kier alpha value is -3.26. The van der Waals surface area contributed by atoms with Crippen LogP contribution in [0.25, 0.3) is 0 Å². The topological polar surface area (TPSA) is 99.8 Å². The van der Waals surface area contributed by atoms with Gasteiger partial charge in [-0.3, -0.25) is 19.4 Å². The molecule has 3 heterocycles. The molecule has 32 heavy (non-hydrogen) atoms. The number of anilines is 1. The van der Waals surface area contributed by atoms with Gasteiger partial charge in [-0.2, -0.15) is 0 Å². The Morgan fingerprint density at radius 3 is 2.06 bits per heavy atom. The highest BCUT2D eigenvalue weighted by Gasteiger charge is 2.29. The summed E-state index contributed by atoms with van der Waals surface area (Å²) in [6, 6.07) is 11.0. The van der Waals surface area contributed by atoms with Crippen LogP contribution in [0, 0.1) is 5.92 Å². The van der Waals surface area contributed by atoms with Crippen molar-refractivity contribution in [1.82, 2.24) is 14.8 Å². The molecule has 8 heteroatoms. The highest BCUT2D eigenvalue weighted by Crippen LogP contribution is 2.24. The maximum atomic E-state index is 13.0. The minimum absolute atomic E-state index is 0.0845. The summed E-state index contributed by atoms with van der Waals surface area (Å²) in [4.78, 5) is 47.3. The molecule has 2 fully saturated rings. The van der Waals surface area contributed by atoms with Crippen LogP contribution in [0.1, 0.15) is 44.0 Å². The molecular weight excluding hydrogens is 406 g/mol. The number of rotatable bonds is 5. The average Bonchev–Trinajstić information content (AvgIpc) is 2.84. The normalized spacial score (nSPS) is 17.9. The lowest BCUT2D eigenvalue weighted by Gasteiger charge is -2.34. The predicted octanol–water partition coefficient (Wildman–Crippen LogP) is 1.67. The largest absolute Gasteiger partial charge is 0.369 e. The fourth-order valence-corrected chi connectivity index (χ4v) is 4.31. The molecule has 2 aliphatic heterocycles. The highest BCUT2D eigenvalue weighted by molar-refractivity contribution is 5.99. The fraction of sp³-hybridized carbons (Fsp3) is 0.417. The number of primary amides is 1. The molecule has 1 aromatic carbocycles. The molecule has 8 nitrogen and oxygen atoms in total. The molecule has 2 aromatic rings. The number of hydrogen-bond donors (Lipinski definition) is 1. The lowest BCUT2D eigenvalue weighted by molar-refractivity contribution is 0.0645.